The fourth-order valence-electron chi connectivity index (χ4n) is 13.6. The first-order chi connectivity index (χ1) is 61.1. The number of nitrogens with zero attached hydrogens (tertiary/aromatic N) is 15. The normalized spacial score (nSPS) is 16.9. The summed E-state index contributed by atoms with van der Waals surface area (Å²) in [5.74, 6) is 1.85. The third-order valence-corrected chi connectivity index (χ3v) is 27.7. The fraction of sp³-hybridized carbons (Fsp3) is 0.310. The van der Waals surface area contributed by atoms with Crippen LogP contribution in [0.1, 0.15) is 201 Å². The number of hydrogen-bond acceptors (Lipinski definition) is 25. The van der Waals surface area contributed by atoms with Crippen LogP contribution in [0.4, 0.5) is 22.1 Å². The largest absolute Gasteiger partial charge is 1.00 e. The van der Waals surface area contributed by atoms with E-state index in [4.69, 9.17) is 94.7 Å². The third-order valence-electron chi connectivity index (χ3n) is 20.9. The van der Waals surface area contributed by atoms with Gasteiger partial charge in [-0.2, -0.15) is 27.0 Å². The molecule has 10 aromatic heterocycles. The zero-order chi connectivity index (χ0) is 90.3. The summed E-state index contributed by atoms with van der Waals surface area (Å²) in [4.78, 5) is 28.7. The van der Waals surface area contributed by atoms with Crippen LogP contribution in [-0.4, -0.2) is 135 Å². The molecule has 0 spiro atoms. The van der Waals surface area contributed by atoms with E-state index in [1.807, 2.05) is 88.4 Å². The molecular formula is C87H87B2Br2Cl4F5K2N16O9S4. The number of aromatic nitrogens is 14. The van der Waals surface area contributed by atoms with Gasteiger partial charge in [-0.05, 0) is 220 Å². The number of nitriles is 2. The quantitative estimate of drug-likeness (QED) is 0.0393. The van der Waals surface area contributed by atoms with Crippen LogP contribution in [0.2, 0.25) is 20.1 Å². The summed E-state index contributed by atoms with van der Waals surface area (Å²) in [6, 6.07) is 45.5. The molecule has 14 aromatic rings. The number of pyridine rings is 2. The van der Waals surface area contributed by atoms with Crippen LogP contribution in [0.15, 0.2) is 192 Å². The molecule has 7 unspecified atom stereocenters. The second-order valence-corrected chi connectivity index (χ2v) is 38.3. The van der Waals surface area contributed by atoms with Crippen molar-refractivity contribution in [1.29, 1.82) is 10.5 Å². The van der Waals surface area contributed by atoms with E-state index in [0.717, 1.165) is 137 Å². The number of aromatic amines is 1. The topological polar surface area (TPSA) is 334 Å². The Morgan fingerprint density at radius 3 is 1.25 bits per heavy atom. The summed E-state index contributed by atoms with van der Waals surface area (Å²) < 4.78 is 93.1. The van der Waals surface area contributed by atoms with Crippen molar-refractivity contribution >= 4 is 147 Å². The van der Waals surface area contributed by atoms with Gasteiger partial charge in [0.1, 0.15) is 73.3 Å². The molecule has 4 aromatic carbocycles. The van der Waals surface area contributed by atoms with E-state index in [2.05, 4.69) is 82.2 Å². The van der Waals surface area contributed by atoms with Crippen LogP contribution in [0, 0.1) is 22.7 Å². The Labute approximate surface area is 893 Å². The van der Waals surface area contributed by atoms with E-state index in [-0.39, 0.29) is 154 Å². The van der Waals surface area contributed by atoms with Crippen molar-refractivity contribution in [3.63, 3.8) is 0 Å². The van der Waals surface area contributed by atoms with Crippen LogP contribution < -0.4 is 112 Å². The molecule has 0 aliphatic carbocycles. The summed E-state index contributed by atoms with van der Waals surface area (Å²) in [7, 11) is -0.538. The van der Waals surface area contributed by atoms with Crippen LogP contribution >= 0.6 is 124 Å². The zero-order valence-corrected chi connectivity index (χ0v) is 85.5. The van der Waals surface area contributed by atoms with Gasteiger partial charge in [-0.1, -0.05) is 137 Å². The predicted octanol–water partition coefficient (Wildman–Crippen LogP) is 16.6. The molecule has 131 heavy (non-hydrogen) atoms. The Bertz CT molecular complexity index is 6060. The molecular weight excluding hydrogens is 2040 g/mol. The molecule has 678 valence electrons. The maximum atomic E-state index is 13.4. The number of halogens is 11. The minimum atomic E-state index is -5.22. The van der Waals surface area contributed by atoms with E-state index in [1.165, 1.54) is 51.3 Å². The van der Waals surface area contributed by atoms with Crippen LogP contribution in [0.5, 0.6) is 0 Å². The molecule has 5 N–H and O–H groups in total. The van der Waals surface area contributed by atoms with Gasteiger partial charge in [0.05, 0.1) is 34.5 Å². The van der Waals surface area contributed by atoms with E-state index in [1.54, 1.807) is 125 Å². The van der Waals surface area contributed by atoms with Gasteiger partial charge in [0.2, 0.25) is 0 Å². The molecule has 18 rings (SSSR count). The van der Waals surface area contributed by atoms with Gasteiger partial charge in [-0.3, -0.25) is 5.10 Å². The Hall–Kier alpha value is -5.67. The minimum absolute atomic E-state index is 0. The fourth-order valence-corrected chi connectivity index (χ4v) is 19.3. The number of aliphatic hydroxyl groups excluding tert-OH is 4. The molecule has 7 atom stereocenters. The molecule has 0 radical (unpaired) electrons. The first kappa shape index (κ1) is 109. The molecule has 4 saturated heterocycles. The van der Waals surface area contributed by atoms with Crippen molar-refractivity contribution < 1.29 is 170 Å². The maximum absolute atomic E-state index is 13.4. The second-order valence-electron chi connectivity index (χ2n) is 30.0. The van der Waals surface area contributed by atoms with Gasteiger partial charge in [0.25, 0.3) is 0 Å². The molecule has 0 amide bonds. The van der Waals surface area contributed by atoms with Gasteiger partial charge in [-0.15, -0.1) is 49.3 Å². The van der Waals surface area contributed by atoms with Gasteiger partial charge in [-0.25, -0.2) is 43.9 Å². The van der Waals surface area contributed by atoms with Gasteiger partial charge in [0.15, 0.2) is 42.0 Å². The SMILES string of the molecule is C.C.CC1(C)OB(c2cc(C(O)c3ccc(Cl)cc3)c(-c3ncn(C4CCCCO4)n3)s2)OC1(C)C.FF.N#Cc1cc(-c2cc(C(O)c3ccc(Cl)cc3)c(-c3ncn[nH]3)s2)ccn1.N#Cc1cc(Br)ccn1.OC(c1ccc(Cl)cc1)c1cc(Br)sc1-c1ncn(C2CCCCO2)n1.OC(c1ccc(Cl)cc1)c1cc([B-](F)(F)F)sc1-c1ncn(C2CCCCO2)n1.[H-].[K+].[K+]. The van der Waals surface area contributed by atoms with Crippen LogP contribution in [0.25, 0.3) is 53.2 Å². The van der Waals surface area contributed by atoms with Crippen molar-refractivity contribution in [2.24, 2.45) is 0 Å². The standard InChI is InChI=1S/C24H29BClN3O4S.C19H12ClN5OS.C18H17BClF3N3O2S.C18H17BrClN3O2S.C6H3BrN2.2CH4.F2.2K.H/c1-23(2)24(3,4)33-25(32-23)18-13-17(20(30)15-8-10-16(26)11-9-15)21(34-18)22-27-14-29(28-22)19-7-5-6-12-31-19;20-13-3-1-11(2-4-13)17(26)15-8-16(12-5-6-22-14(7-12)9-21)27-18(15)19-23-10-24-25-19;20-12-6-4-11(5-7-12)16(27)13-9-14(19(21,22)23)29-17(13)18-24-10-26(25-18)15-3-1-2-8-28-15;19-14-9-13(16(24)11-4-6-12(20)7-5-11)17(26-14)18-21-10-23(22-18)15-3-1-2-8-25-15;7-5-1-2-9-6(3-5)4-8;;;1-2;;;/h8-11,13-14,19-20,30H,5-7,12H2,1-4H3;1-8,10,17,26H,(H,23,24,25);4-7,9-10,15-16,27H,1-3,8H2;4-7,9-10,15-16,24H,1-3,8H2;1-3H;2*1H4;;;;/q;;-1;;;;;;2*+1;-1. The number of aliphatic hydroxyl groups is 4. The van der Waals surface area contributed by atoms with E-state index >= 15 is 0 Å². The average Bonchev–Trinajstić information content (AvgIpc) is 1.60. The van der Waals surface area contributed by atoms with E-state index < -0.39 is 54.5 Å². The van der Waals surface area contributed by atoms with Gasteiger partial charge < -0.3 is 58.3 Å². The summed E-state index contributed by atoms with van der Waals surface area (Å²) >= 11 is 35.5. The number of benzene rings is 4. The number of rotatable bonds is 18. The first-order valence-corrected chi connectivity index (χ1v) is 45.9. The van der Waals surface area contributed by atoms with Crippen molar-refractivity contribution in [3.05, 3.63) is 268 Å². The van der Waals surface area contributed by atoms with Crippen molar-refractivity contribution in [3.8, 4) is 65.4 Å². The smallest absolute Gasteiger partial charge is 1.00 e. The molecule has 0 saturated carbocycles. The van der Waals surface area contributed by atoms with Crippen molar-refractivity contribution in [1.82, 2.24) is 69.4 Å². The Balaban J connectivity index is 0.000000207. The molecule has 14 heterocycles. The molecule has 0 bridgehead atoms. The first-order valence-electron chi connectivity index (χ1n) is 39.5. The predicted molar refractivity (Wildman–Crippen MR) is 502 cm³/mol. The average molecular weight is 2130 g/mol. The number of ether oxygens (including phenoxy) is 3. The maximum Gasteiger partial charge on any atom is 1.00 e. The minimum Gasteiger partial charge on any atom is -1.00 e. The third kappa shape index (κ3) is 28.1. The molecule has 4 aliphatic rings. The monoisotopic (exact) mass is 2120 g/mol. The van der Waals surface area contributed by atoms with Gasteiger partial charge >= 0.3 is 117 Å². The Morgan fingerprint density at radius 2 is 0.878 bits per heavy atom. The molecule has 4 aliphatic heterocycles. The summed E-state index contributed by atoms with van der Waals surface area (Å²) in [5, 5.41) is 84.1. The molecule has 4 fully saturated rings. The number of nitrogens with one attached hydrogen (secondary N) is 1. The summed E-state index contributed by atoms with van der Waals surface area (Å²) in [6.07, 6.45) is 14.2. The Morgan fingerprint density at radius 1 is 0.496 bits per heavy atom. The zero-order valence-electron chi connectivity index (χ0n) is 70.8. The van der Waals surface area contributed by atoms with Crippen LogP contribution in [-0.2, 0) is 23.5 Å². The van der Waals surface area contributed by atoms with Crippen LogP contribution in [0.3, 0.4) is 0 Å². The number of hydrogen-bond donors (Lipinski definition) is 5. The summed E-state index contributed by atoms with van der Waals surface area (Å²) in [6.45, 7) is 4.98. The number of H-pyrrole nitrogens is 1. The van der Waals surface area contributed by atoms with E-state index in [0.29, 0.717) is 83.6 Å². The molecule has 25 nitrogen and oxygen atoms in total. The number of thiophene rings is 4. The van der Waals surface area contributed by atoms with Gasteiger partial charge in [0, 0.05) is 97.8 Å². The van der Waals surface area contributed by atoms with E-state index in [9.17, 15) is 33.4 Å². The summed E-state index contributed by atoms with van der Waals surface area (Å²) in [5.41, 5.74) is 5.65. The van der Waals surface area contributed by atoms with Crippen molar-refractivity contribution in [2.45, 2.75) is 155 Å². The Kier molecular flexibility index (Phi) is 42.1. The second kappa shape index (κ2) is 50.6. The molecule has 44 heteroatoms. The van der Waals surface area contributed by atoms with Crippen molar-refractivity contribution in [2.75, 3.05) is 19.8 Å².